The van der Waals surface area contributed by atoms with Crippen molar-refractivity contribution in [1.82, 2.24) is 0 Å². The first-order chi connectivity index (χ1) is 15.5. The van der Waals surface area contributed by atoms with E-state index in [-0.39, 0.29) is 11.7 Å². The second-order valence-corrected chi connectivity index (χ2v) is 10.2. The van der Waals surface area contributed by atoms with Crippen LogP contribution in [0.5, 0.6) is 11.5 Å². The minimum absolute atomic E-state index is 0.0630. The van der Waals surface area contributed by atoms with Gasteiger partial charge in [-0.2, -0.15) is 0 Å². The van der Waals surface area contributed by atoms with E-state index in [1.807, 2.05) is 54.6 Å². The number of aryl methyl sites for hydroxylation is 1. The van der Waals surface area contributed by atoms with E-state index in [0.29, 0.717) is 29.4 Å². The number of fused-ring (bicyclic) bond motifs is 3. The molecule has 0 unspecified atom stereocenters. The van der Waals surface area contributed by atoms with Crippen molar-refractivity contribution < 1.29 is 17.9 Å². The number of benzene rings is 3. The van der Waals surface area contributed by atoms with Gasteiger partial charge >= 0.3 is 0 Å². The van der Waals surface area contributed by atoms with Crippen LogP contribution in [0, 0.1) is 0 Å². The van der Waals surface area contributed by atoms with Crippen LogP contribution in [0.25, 0.3) is 0 Å². The van der Waals surface area contributed by atoms with Crippen molar-refractivity contribution in [2.75, 3.05) is 21.9 Å². The number of anilines is 2. The average Bonchev–Trinajstić information content (AvgIpc) is 2.81. The summed E-state index contributed by atoms with van der Waals surface area (Å²) < 4.78 is 32.4. The zero-order valence-corrected chi connectivity index (χ0v) is 18.6. The Labute approximate surface area is 187 Å². The number of sulfonamides is 1. The predicted molar refractivity (Wildman–Crippen MR) is 125 cm³/mol. The molecule has 0 spiro atoms. The van der Waals surface area contributed by atoms with Gasteiger partial charge in [0.2, 0.25) is 15.9 Å². The van der Waals surface area contributed by atoms with Crippen LogP contribution in [0.3, 0.4) is 0 Å². The van der Waals surface area contributed by atoms with Gasteiger partial charge in [0.15, 0.2) is 0 Å². The maximum absolute atomic E-state index is 13.5. The molecule has 0 atom stereocenters. The SMILES string of the molecule is CCS(=O)(=O)N1CCCc2cc(NC(=O)C3c4ccccc4Oc4ccccc43)ccc21. The number of nitrogens with one attached hydrogen (secondary N) is 1. The number of carbonyl (C=O) groups excluding carboxylic acids is 1. The fourth-order valence-electron chi connectivity index (χ4n) is 4.49. The van der Waals surface area contributed by atoms with E-state index in [4.69, 9.17) is 4.74 Å². The van der Waals surface area contributed by atoms with Gasteiger partial charge in [-0.15, -0.1) is 0 Å². The maximum Gasteiger partial charge on any atom is 0.236 e. The van der Waals surface area contributed by atoms with E-state index in [1.165, 1.54) is 4.31 Å². The molecular weight excluding hydrogens is 424 g/mol. The van der Waals surface area contributed by atoms with Crippen molar-refractivity contribution >= 4 is 27.3 Å². The van der Waals surface area contributed by atoms with Crippen LogP contribution in [0.2, 0.25) is 0 Å². The van der Waals surface area contributed by atoms with Crippen LogP contribution < -0.4 is 14.4 Å². The highest BCUT2D eigenvalue weighted by atomic mass is 32.2. The van der Waals surface area contributed by atoms with Crippen molar-refractivity contribution in [3.63, 3.8) is 0 Å². The molecule has 2 aliphatic heterocycles. The first-order valence-electron chi connectivity index (χ1n) is 10.8. The first-order valence-corrected chi connectivity index (χ1v) is 12.4. The minimum atomic E-state index is -3.32. The van der Waals surface area contributed by atoms with Crippen LogP contribution in [0.4, 0.5) is 11.4 Å². The summed E-state index contributed by atoms with van der Waals surface area (Å²) in [6.45, 7) is 2.15. The first kappa shape index (κ1) is 20.6. The number of rotatable bonds is 4. The summed E-state index contributed by atoms with van der Waals surface area (Å²) in [5.41, 5.74) is 3.94. The summed E-state index contributed by atoms with van der Waals surface area (Å²) in [4.78, 5) is 13.5. The number of nitrogens with zero attached hydrogens (tertiary/aromatic N) is 1. The second kappa shape index (κ2) is 7.98. The topological polar surface area (TPSA) is 75.7 Å². The number of para-hydroxylation sites is 2. The van der Waals surface area contributed by atoms with Gasteiger partial charge in [-0.25, -0.2) is 8.42 Å². The van der Waals surface area contributed by atoms with E-state index >= 15 is 0 Å². The predicted octanol–water partition coefficient (Wildman–Crippen LogP) is 4.67. The largest absolute Gasteiger partial charge is 0.457 e. The summed E-state index contributed by atoms with van der Waals surface area (Å²) in [7, 11) is -3.32. The maximum atomic E-state index is 13.5. The quantitative estimate of drug-likeness (QED) is 0.630. The lowest BCUT2D eigenvalue weighted by Gasteiger charge is -2.31. The van der Waals surface area contributed by atoms with E-state index in [9.17, 15) is 13.2 Å². The molecule has 5 rings (SSSR count). The monoisotopic (exact) mass is 448 g/mol. The van der Waals surface area contributed by atoms with Gasteiger partial charge in [0.05, 0.1) is 17.4 Å². The Morgan fingerprint density at radius 3 is 2.34 bits per heavy atom. The molecule has 0 fully saturated rings. The third-order valence-corrected chi connectivity index (χ3v) is 7.85. The third-order valence-electron chi connectivity index (χ3n) is 6.07. The summed E-state index contributed by atoms with van der Waals surface area (Å²) in [5, 5.41) is 3.05. The van der Waals surface area contributed by atoms with Crippen molar-refractivity contribution in [2.45, 2.75) is 25.7 Å². The standard InChI is InChI=1S/C25H24N2O4S/c1-2-32(29,30)27-15-7-8-17-16-18(13-14-21(17)27)26-25(28)24-19-9-3-5-11-22(19)31-23-12-6-4-10-20(23)24/h3-6,9-14,16,24H,2,7-8,15H2,1H3,(H,26,28). The highest BCUT2D eigenvalue weighted by Crippen LogP contribution is 2.44. The highest BCUT2D eigenvalue weighted by Gasteiger charge is 2.33. The Kier molecular flexibility index (Phi) is 5.13. The van der Waals surface area contributed by atoms with Crippen molar-refractivity contribution in [2.24, 2.45) is 0 Å². The summed E-state index contributed by atoms with van der Waals surface area (Å²) in [6.07, 6.45) is 1.53. The fourth-order valence-corrected chi connectivity index (χ4v) is 5.69. The van der Waals surface area contributed by atoms with Crippen molar-refractivity contribution in [3.05, 3.63) is 83.4 Å². The van der Waals surface area contributed by atoms with Crippen LogP contribution in [0.1, 0.15) is 36.0 Å². The van der Waals surface area contributed by atoms with Gasteiger partial charge in [-0.05, 0) is 55.7 Å². The minimum Gasteiger partial charge on any atom is -0.457 e. The zero-order valence-electron chi connectivity index (χ0n) is 17.7. The third kappa shape index (κ3) is 3.52. The molecule has 0 aliphatic carbocycles. The van der Waals surface area contributed by atoms with Crippen LogP contribution in [0.15, 0.2) is 66.7 Å². The molecular formula is C25H24N2O4S. The molecule has 1 amide bonds. The normalized spacial score (nSPS) is 15.2. The van der Waals surface area contributed by atoms with Gasteiger partial charge < -0.3 is 10.1 Å². The molecule has 32 heavy (non-hydrogen) atoms. The zero-order chi connectivity index (χ0) is 22.3. The number of hydrogen-bond donors (Lipinski definition) is 1. The van der Waals surface area contributed by atoms with Gasteiger partial charge in [-0.1, -0.05) is 36.4 Å². The smallest absolute Gasteiger partial charge is 0.236 e. The highest BCUT2D eigenvalue weighted by molar-refractivity contribution is 7.92. The van der Waals surface area contributed by atoms with E-state index < -0.39 is 15.9 Å². The molecule has 0 saturated heterocycles. The Bertz CT molecular complexity index is 1260. The molecule has 0 aromatic heterocycles. The van der Waals surface area contributed by atoms with Crippen LogP contribution >= 0.6 is 0 Å². The van der Waals surface area contributed by atoms with Gasteiger partial charge in [0.1, 0.15) is 11.5 Å². The Morgan fingerprint density at radius 1 is 1.03 bits per heavy atom. The van der Waals surface area contributed by atoms with Gasteiger partial charge in [0, 0.05) is 23.4 Å². The lowest BCUT2D eigenvalue weighted by molar-refractivity contribution is -0.116. The summed E-state index contributed by atoms with van der Waals surface area (Å²) >= 11 is 0. The second-order valence-electron chi connectivity index (χ2n) is 8.02. The van der Waals surface area contributed by atoms with Gasteiger partial charge in [0.25, 0.3) is 0 Å². The van der Waals surface area contributed by atoms with Gasteiger partial charge in [-0.3, -0.25) is 9.10 Å². The lowest BCUT2D eigenvalue weighted by Crippen LogP contribution is -2.36. The van der Waals surface area contributed by atoms with Crippen LogP contribution in [-0.2, 0) is 21.2 Å². The molecule has 3 aromatic carbocycles. The van der Waals surface area contributed by atoms with E-state index in [0.717, 1.165) is 29.5 Å². The number of carbonyl (C=O) groups is 1. The summed E-state index contributed by atoms with van der Waals surface area (Å²) in [6, 6.07) is 20.6. The Morgan fingerprint density at radius 2 is 1.69 bits per heavy atom. The molecule has 6 nitrogen and oxygen atoms in total. The number of ether oxygens (including phenoxy) is 1. The molecule has 7 heteroatoms. The molecule has 2 heterocycles. The lowest BCUT2D eigenvalue weighted by atomic mass is 9.87. The molecule has 164 valence electrons. The molecule has 2 aliphatic rings. The fraction of sp³-hybridized carbons (Fsp3) is 0.240. The average molecular weight is 449 g/mol. The molecule has 0 saturated carbocycles. The molecule has 0 radical (unpaired) electrons. The Balaban J connectivity index is 1.47. The van der Waals surface area contributed by atoms with Crippen molar-refractivity contribution in [1.29, 1.82) is 0 Å². The molecule has 3 aromatic rings. The van der Waals surface area contributed by atoms with E-state index in [1.54, 1.807) is 19.1 Å². The molecule has 0 bridgehead atoms. The van der Waals surface area contributed by atoms with Crippen molar-refractivity contribution in [3.8, 4) is 11.5 Å². The number of amides is 1. The van der Waals surface area contributed by atoms with E-state index in [2.05, 4.69) is 5.32 Å². The Hall–Kier alpha value is -3.32. The summed E-state index contributed by atoms with van der Waals surface area (Å²) in [5.74, 6) is 0.772. The molecule has 1 N–H and O–H groups in total. The number of hydrogen-bond acceptors (Lipinski definition) is 4. The van der Waals surface area contributed by atoms with Crippen LogP contribution in [-0.4, -0.2) is 26.6 Å².